The standard InChI is InChI=1S/C17H24O4/c1-2-3-4-5-6-7-8-20-15-10-13(9-14(18)11-15)17(19)16-12-21-16/h9-11,16,18H,2-8,12H2,1H3. The van der Waals surface area contributed by atoms with E-state index in [0.717, 1.165) is 12.8 Å². The Morgan fingerprint density at radius 3 is 2.67 bits per heavy atom. The number of ketones is 1. The Hall–Kier alpha value is -1.55. The van der Waals surface area contributed by atoms with E-state index in [1.54, 1.807) is 12.1 Å². The minimum Gasteiger partial charge on any atom is -0.508 e. The van der Waals surface area contributed by atoms with Crippen LogP contribution in [-0.2, 0) is 4.74 Å². The summed E-state index contributed by atoms with van der Waals surface area (Å²) in [5.74, 6) is 0.516. The Bertz CT molecular complexity index is 466. The van der Waals surface area contributed by atoms with Crippen LogP contribution >= 0.6 is 0 Å². The highest BCUT2D eigenvalue weighted by Crippen LogP contribution is 2.25. The molecule has 1 aliphatic rings. The molecule has 0 spiro atoms. The molecule has 1 N–H and O–H groups in total. The molecule has 21 heavy (non-hydrogen) atoms. The lowest BCUT2D eigenvalue weighted by Crippen LogP contribution is -2.07. The number of aromatic hydroxyl groups is 1. The van der Waals surface area contributed by atoms with Gasteiger partial charge in [0.1, 0.15) is 17.6 Å². The number of phenolic OH excluding ortho intramolecular Hbond substituents is 1. The fourth-order valence-electron chi connectivity index (χ4n) is 2.27. The van der Waals surface area contributed by atoms with Crippen LogP contribution in [-0.4, -0.2) is 30.2 Å². The minimum atomic E-state index is -0.335. The van der Waals surface area contributed by atoms with E-state index in [9.17, 15) is 9.90 Å². The second kappa shape index (κ2) is 8.03. The third-order valence-corrected chi connectivity index (χ3v) is 3.57. The van der Waals surface area contributed by atoms with Gasteiger partial charge in [-0.1, -0.05) is 39.0 Å². The summed E-state index contributed by atoms with van der Waals surface area (Å²) in [4.78, 5) is 11.9. The Morgan fingerprint density at radius 1 is 1.24 bits per heavy atom. The molecule has 1 atom stereocenters. The molecule has 0 saturated carbocycles. The first kappa shape index (κ1) is 15.8. The van der Waals surface area contributed by atoms with Gasteiger partial charge in [0.25, 0.3) is 0 Å². The van der Waals surface area contributed by atoms with Crippen LogP contribution in [0.2, 0.25) is 0 Å². The zero-order chi connectivity index (χ0) is 15.1. The molecule has 1 heterocycles. The van der Waals surface area contributed by atoms with Gasteiger partial charge in [-0.05, 0) is 18.6 Å². The number of ether oxygens (including phenoxy) is 2. The first-order valence-electron chi connectivity index (χ1n) is 7.83. The zero-order valence-corrected chi connectivity index (χ0v) is 12.6. The molecule has 1 aliphatic heterocycles. The van der Waals surface area contributed by atoms with E-state index in [4.69, 9.17) is 9.47 Å². The van der Waals surface area contributed by atoms with Gasteiger partial charge < -0.3 is 14.6 Å². The predicted octanol–water partition coefficient (Wildman–Crippen LogP) is 3.71. The summed E-state index contributed by atoms with van der Waals surface area (Å²) < 4.78 is 10.6. The minimum absolute atomic E-state index is 0.0550. The van der Waals surface area contributed by atoms with Crippen molar-refractivity contribution in [2.24, 2.45) is 0 Å². The SMILES string of the molecule is CCCCCCCCOc1cc(O)cc(C(=O)C2CO2)c1. The fraction of sp³-hybridized carbons (Fsp3) is 0.588. The van der Waals surface area contributed by atoms with Gasteiger partial charge in [-0.3, -0.25) is 4.79 Å². The van der Waals surface area contributed by atoms with E-state index in [1.165, 1.54) is 31.7 Å². The van der Waals surface area contributed by atoms with Crippen LogP contribution in [0.5, 0.6) is 11.5 Å². The average Bonchev–Trinajstić information content (AvgIpc) is 3.29. The van der Waals surface area contributed by atoms with Crippen LogP contribution in [0.4, 0.5) is 0 Å². The van der Waals surface area contributed by atoms with Gasteiger partial charge in [-0.25, -0.2) is 0 Å². The van der Waals surface area contributed by atoms with E-state index in [2.05, 4.69) is 6.92 Å². The van der Waals surface area contributed by atoms with E-state index < -0.39 is 0 Å². The number of carbonyl (C=O) groups excluding carboxylic acids is 1. The van der Waals surface area contributed by atoms with Crippen molar-refractivity contribution in [3.05, 3.63) is 23.8 Å². The molecule has 1 saturated heterocycles. The van der Waals surface area contributed by atoms with Crippen molar-refractivity contribution >= 4 is 5.78 Å². The quantitative estimate of drug-likeness (QED) is 0.406. The van der Waals surface area contributed by atoms with E-state index in [-0.39, 0.29) is 17.6 Å². The summed E-state index contributed by atoms with van der Waals surface area (Å²) in [5, 5.41) is 9.67. The number of phenols is 1. The first-order chi connectivity index (χ1) is 10.2. The highest BCUT2D eigenvalue weighted by molar-refractivity contribution is 6.01. The second-order valence-electron chi connectivity index (χ2n) is 5.52. The second-order valence-corrected chi connectivity index (χ2v) is 5.52. The van der Waals surface area contributed by atoms with Crippen molar-refractivity contribution in [1.29, 1.82) is 0 Å². The van der Waals surface area contributed by atoms with Crippen LogP contribution in [0.25, 0.3) is 0 Å². The number of unbranched alkanes of at least 4 members (excludes halogenated alkanes) is 5. The number of hydrogen-bond donors (Lipinski definition) is 1. The van der Waals surface area contributed by atoms with Crippen LogP contribution in [0.3, 0.4) is 0 Å². The average molecular weight is 292 g/mol. The van der Waals surface area contributed by atoms with Gasteiger partial charge in [-0.15, -0.1) is 0 Å². The van der Waals surface area contributed by atoms with Crippen LogP contribution in [0.1, 0.15) is 55.8 Å². The number of carbonyl (C=O) groups is 1. The highest BCUT2D eigenvalue weighted by Gasteiger charge is 2.32. The summed E-state index contributed by atoms with van der Waals surface area (Å²) >= 11 is 0. The van der Waals surface area contributed by atoms with Crippen molar-refractivity contribution in [1.82, 2.24) is 0 Å². The van der Waals surface area contributed by atoms with E-state index in [0.29, 0.717) is 24.5 Å². The van der Waals surface area contributed by atoms with Crippen LogP contribution in [0.15, 0.2) is 18.2 Å². The van der Waals surface area contributed by atoms with Gasteiger partial charge in [-0.2, -0.15) is 0 Å². The third-order valence-electron chi connectivity index (χ3n) is 3.57. The Labute approximate surface area is 126 Å². The molecular weight excluding hydrogens is 268 g/mol. The lowest BCUT2D eigenvalue weighted by Gasteiger charge is -2.08. The molecular formula is C17H24O4. The summed E-state index contributed by atoms with van der Waals surface area (Å²) in [6.07, 6.45) is 6.87. The summed E-state index contributed by atoms with van der Waals surface area (Å²) in [7, 11) is 0. The third kappa shape index (κ3) is 5.38. The first-order valence-corrected chi connectivity index (χ1v) is 7.83. The molecule has 0 aromatic heterocycles. The summed E-state index contributed by atoms with van der Waals surface area (Å²) in [5.41, 5.74) is 0.454. The summed E-state index contributed by atoms with van der Waals surface area (Å²) in [6, 6.07) is 4.68. The van der Waals surface area contributed by atoms with Crippen molar-refractivity contribution < 1.29 is 19.4 Å². The van der Waals surface area contributed by atoms with E-state index in [1.807, 2.05) is 0 Å². The number of epoxide rings is 1. The molecule has 0 amide bonds. The number of Topliss-reactive ketones (excluding diaryl/α,β-unsaturated/α-hetero) is 1. The predicted molar refractivity (Wildman–Crippen MR) is 81.0 cm³/mol. The van der Waals surface area contributed by atoms with Gasteiger partial charge in [0.15, 0.2) is 5.78 Å². The normalized spacial score (nSPS) is 16.7. The molecule has 2 rings (SSSR count). The molecule has 0 bridgehead atoms. The van der Waals surface area contributed by atoms with Crippen LogP contribution < -0.4 is 4.74 Å². The monoisotopic (exact) mass is 292 g/mol. The molecule has 4 nitrogen and oxygen atoms in total. The Morgan fingerprint density at radius 2 is 1.95 bits per heavy atom. The topological polar surface area (TPSA) is 59.1 Å². The maximum atomic E-state index is 11.9. The largest absolute Gasteiger partial charge is 0.508 e. The fourth-order valence-corrected chi connectivity index (χ4v) is 2.27. The van der Waals surface area contributed by atoms with Crippen LogP contribution in [0, 0.1) is 0 Å². The van der Waals surface area contributed by atoms with Gasteiger partial charge in [0.2, 0.25) is 0 Å². The van der Waals surface area contributed by atoms with Crippen molar-refractivity contribution in [3.63, 3.8) is 0 Å². The molecule has 1 unspecified atom stereocenters. The molecule has 4 heteroatoms. The molecule has 116 valence electrons. The number of benzene rings is 1. The molecule has 0 aliphatic carbocycles. The maximum absolute atomic E-state index is 11.9. The highest BCUT2D eigenvalue weighted by atomic mass is 16.6. The molecule has 1 aromatic rings. The summed E-state index contributed by atoms with van der Waals surface area (Å²) in [6.45, 7) is 3.29. The van der Waals surface area contributed by atoms with Gasteiger partial charge >= 0.3 is 0 Å². The van der Waals surface area contributed by atoms with E-state index >= 15 is 0 Å². The molecule has 1 aromatic carbocycles. The lowest BCUT2D eigenvalue weighted by atomic mass is 10.1. The molecule has 0 radical (unpaired) electrons. The zero-order valence-electron chi connectivity index (χ0n) is 12.6. The smallest absolute Gasteiger partial charge is 0.194 e. The van der Waals surface area contributed by atoms with Gasteiger partial charge in [0, 0.05) is 11.6 Å². The van der Waals surface area contributed by atoms with Gasteiger partial charge in [0.05, 0.1) is 13.2 Å². The Balaban J connectivity index is 1.76. The molecule has 1 fully saturated rings. The van der Waals surface area contributed by atoms with Crippen molar-refractivity contribution in [3.8, 4) is 11.5 Å². The maximum Gasteiger partial charge on any atom is 0.194 e. The number of rotatable bonds is 10. The van der Waals surface area contributed by atoms with Crippen molar-refractivity contribution in [2.45, 2.75) is 51.6 Å². The Kier molecular flexibility index (Phi) is 6.05. The van der Waals surface area contributed by atoms with Crippen molar-refractivity contribution in [2.75, 3.05) is 13.2 Å². The lowest BCUT2D eigenvalue weighted by molar-refractivity contribution is 0.0953. The number of hydrogen-bond acceptors (Lipinski definition) is 4.